The van der Waals surface area contributed by atoms with Gasteiger partial charge in [-0.3, -0.25) is 4.79 Å². The van der Waals surface area contributed by atoms with Gasteiger partial charge >= 0.3 is 12.1 Å². The van der Waals surface area contributed by atoms with Crippen LogP contribution in [0, 0.1) is 0 Å². The SMILES string of the molecule is NC(=O)c1ccc(Oc2cc3c(cc2Cl)C=C(C(=O)O)C(C(F)(F)F)O3)cc1. The van der Waals surface area contributed by atoms with E-state index in [9.17, 15) is 22.8 Å². The third-order valence-electron chi connectivity index (χ3n) is 3.81. The number of nitrogens with two attached hydrogens (primary N) is 1. The van der Waals surface area contributed by atoms with Crippen LogP contribution in [0.15, 0.2) is 42.0 Å². The monoisotopic (exact) mass is 413 g/mol. The molecule has 6 nitrogen and oxygen atoms in total. The molecule has 0 saturated heterocycles. The molecule has 1 atom stereocenters. The van der Waals surface area contributed by atoms with E-state index in [4.69, 9.17) is 31.9 Å². The zero-order valence-corrected chi connectivity index (χ0v) is 14.5. The Morgan fingerprint density at radius 3 is 2.36 bits per heavy atom. The van der Waals surface area contributed by atoms with Crippen LogP contribution in [0.2, 0.25) is 5.02 Å². The van der Waals surface area contributed by atoms with Gasteiger partial charge in [0.05, 0.1) is 10.6 Å². The first-order valence-corrected chi connectivity index (χ1v) is 8.03. The van der Waals surface area contributed by atoms with Gasteiger partial charge in [0, 0.05) is 17.2 Å². The van der Waals surface area contributed by atoms with Crippen LogP contribution in [0.25, 0.3) is 6.08 Å². The standard InChI is InChI=1S/C18H11ClF3NO5/c19-12-6-9-5-11(17(25)26)15(18(20,21)22)28-13(9)7-14(12)27-10-3-1-8(2-4-10)16(23)24/h1-7,15H,(H2,23,24)(H,25,26). The maximum atomic E-state index is 13.2. The normalized spacial score (nSPS) is 15.9. The maximum Gasteiger partial charge on any atom is 0.430 e. The Balaban J connectivity index is 1.96. The summed E-state index contributed by atoms with van der Waals surface area (Å²) in [4.78, 5) is 22.2. The van der Waals surface area contributed by atoms with E-state index in [1.54, 1.807) is 0 Å². The number of rotatable bonds is 4. The Morgan fingerprint density at radius 1 is 1.18 bits per heavy atom. The Labute approximate surface area is 160 Å². The minimum atomic E-state index is -4.92. The molecule has 0 spiro atoms. The molecule has 0 aliphatic carbocycles. The molecule has 0 radical (unpaired) electrons. The van der Waals surface area contributed by atoms with Gasteiger partial charge in [0.1, 0.15) is 17.2 Å². The predicted octanol–water partition coefficient (Wildman–Crippen LogP) is 4.02. The first-order chi connectivity index (χ1) is 13.1. The number of ether oxygens (including phenoxy) is 2. The van der Waals surface area contributed by atoms with Gasteiger partial charge in [-0.25, -0.2) is 4.79 Å². The Kier molecular flexibility index (Phi) is 4.95. The topological polar surface area (TPSA) is 98.9 Å². The van der Waals surface area contributed by atoms with Crippen LogP contribution in [0.4, 0.5) is 13.2 Å². The molecule has 0 saturated carbocycles. The van der Waals surface area contributed by atoms with Crippen molar-refractivity contribution < 1.29 is 37.3 Å². The zero-order chi connectivity index (χ0) is 20.6. The molecule has 2 aromatic carbocycles. The predicted molar refractivity (Wildman–Crippen MR) is 92.6 cm³/mol. The van der Waals surface area contributed by atoms with Gasteiger partial charge in [-0.1, -0.05) is 11.6 Å². The van der Waals surface area contributed by atoms with Crippen molar-refractivity contribution in [3.05, 3.63) is 58.1 Å². The molecule has 0 fully saturated rings. The molecule has 3 N–H and O–H groups in total. The number of carbonyl (C=O) groups excluding carboxylic acids is 1. The minimum Gasteiger partial charge on any atom is -0.478 e. The molecule has 1 aliphatic rings. The zero-order valence-electron chi connectivity index (χ0n) is 13.8. The van der Waals surface area contributed by atoms with Crippen molar-refractivity contribution in [3.8, 4) is 17.2 Å². The van der Waals surface area contributed by atoms with Gasteiger partial charge in [0.15, 0.2) is 0 Å². The highest BCUT2D eigenvalue weighted by atomic mass is 35.5. The van der Waals surface area contributed by atoms with Gasteiger partial charge in [-0.2, -0.15) is 13.2 Å². The Hall–Kier alpha value is -3.20. The Bertz CT molecular complexity index is 986. The molecule has 3 rings (SSSR count). The van der Waals surface area contributed by atoms with Crippen molar-refractivity contribution in [2.24, 2.45) is 5.73 Å². The van der Waals surface area contributed by atoms with Crippen molar-refractivity contribution in [2.75, 3.05) is 0 Å². The van der Waals surface area contributed by atoms with Crippen molar-refractivity contribution in [2.45, 2.75) is 12.3 Å². The highest BCUT2D eigenvalue weighted by molar-refractivity contribution is 6.32. The molecule has 1 unspecified atom stereocenters. The lowest BCUT2D eigenvalue weighted by Crippen LogP contribution is -2.40. The van der Waals surface area contributed by atoms with Crippen molar-refractivity contribution in [1.82, 2.24) is 0 Å². The summed E-state index contributed by atoms with van der Waals surface area (Å²) in [6.07, 6.45) is -6.69. The van der Waals surface area contributed by atoms with Crippen LogP contribution in [0.1, 0.15) is 15.9 Å². The number of alkyl halides is 3. The molecule has 10 heteroatoms. The summed E-state index contributed by atoms with van der Waals surface area (Å²) in [5.74, 6) is -2.39. The van der Waals surface area contributed by atoms with E-state index in [0.717, 1.165) is 12.1 Å². The first kappa shape index (κ1) is 19.6. The molecule has 0 aromatic heterocycles. The summed E-state index contributed by atoms with van der Waals surface area (Å²) in [6.45, 7) is 0. The lowest BCUT2D eigenvalue weighted by atomic mass is 10.0. The quantitative estimate of drug-likeness (QED) is 0.788. The number of aliphatic carboxylic acids is 1. The summed E-state index contributed by atoms with van der Waals surface area (Å²) in [5.41, 5.74) is 4.50. The molecule has 146 valence electrons. The number of carbonyl (C=O) groups is 2. The number of halogens is 4. The second-order valence-electron chi connectivity index (χ2n) is 5.76. The van der Waals surface area contributed by atoms with Crippen LogP contribution in [-0.2, 0) is 4.79 Å². The molecule has 1 aliphatic heterocycles. The molecular weight excluding hydrogens is 403 g/mol. The largest absolute Gasteiger partial charge is 0.478 e. The Morgan fingerprint density at radius 2 is 1.82 bits per heavy atom. The lowest BCUT2D eigenvalue weighted by Gasteiger charge is -2.27. The number of amides is 1. The van der Waals surface area contributed by atoms with Crippen molar-refractivity contribution >= 4 is 29.6 Å². The fraction of sp³-hybridized carbons (Fsp3) is 0.111. The minimum absolute atomic E-state index is 0.0136. The summed E-state index contributed by atoms with van der Waals surface area (Å²) < 4.78 is 49.9. The van der Waals surface area contributed by atoms with Gasteiger partial charge in [-0.15, -0.1) is 0 Å². The van der Waals surface area contributed by atoms with Gasteiger partial charge in [0.25, 0.3) is 0 Å². The smallest absolute Gasteiger partial charge is 0.430 e. The van der Waals surface area contributed by atoms with Crippen LogP contribution in [0.3, 0.4) is 0 Å². The molecule has 0 bridgehead atoms. The second kappa shape index (κ2) is 7.08. The average molecular weight is 414 g/mol. The molecular formula is C18H11ClF3NO5. The highest BCUT2D eigenvalue weighted by Gasteiger charge is 2.48. The number of hydrogen-bond acceptors (Lipinski definition) is 4. The maximum absolute atomic E-state index is 13.2. The van der Waals surface area contributed by atoms with Crippen LogP contribution in [-0.4, -0.2) is 29.3 Å². The summed E-state index contributed by atoms with van der Waals surface area (Å²) in [6, 6.07) is 8.03. The number of primary amides is 1. The van der Waals surface area contributed by atoms with E-state index in [2.05, 4.69) is 0 Å². The van der Waals surface area contributed by atoms with Crippen LogP contribution < -0.4 is 15.2 Å². The third-order valence-corrected chi connectivity index (χ3v) is 4.11. The fourth-order valence-electron chi connectivity index (χ4n) is 2.51. The van der Waals surface area contributed by atoms with Crippen molar-refractivity contribution in [3.63, 3.8) is 0 Å². The highest BCUT2D eigenvalue weighted by Crippen LogP contribution is 2.42. The number of carboxylic acids is 1. The van der Waals surface area contributed by atoms with Crippen LogP contribution >= 0.6 is 11.6 Å². The average Bonchev–Trinajstić information content (AvgIpc) is 2.61. The third kappa shape index (κ3) is 3.89. The summed E-state index contributed by atoms with van der Waals surface area (Å²) >= 11 is 6.09. The van der Waals surface area contributed by atoms with Gasteiger partial charge in [-0.05, 0) is 36.4 Å². The number of hydrogen-bond donors (Lipinski definition) is 2. The number of fused-ring (bicyclic) bond motifs is 1. The fourth-order valence-corrected chi connectivity index (χ4v) is 2.72. The molecule has 1 heterocycles. The van der Waals surface area contributed by atoms with Crippen LogP contribution in [0.5, 0.6) is 17.2 Å². The lowest BCUT2D eigenvalue weighted by molar-refractivity contribution is -0.187. The van der Waals surface area contributed by atoms with Crippen molar-refractivity contribution in [1.29, 1.82) is 0 Å². The van der Waals surface area contributed by atoms with E-state index in [-0.39, 0.29) is 33.4 Å². The van der Waals surface area contributed by atoms with E-state index >= 15 is 0 Å². The van der Waals surface area contributed by atoms with E-state index in [1.165, 1.54) is 30.3 Å². The second-order valence-corrected chi connectivity index (χ2v) is 6.16. The number of benzene rings is 2. The van der Waals surface area contributed by atoms with E-state index in [0.29, 0.717) is 0 Å². The molecule has 2 aromatic rings. The molecule has 28 heavy (non-hydrogen) atoms. The van der Waals surface area contributed by atoms with E-state index < -0.39 is 29.7 Å². The van der Waals surface area contributed by atoms with Gasteiger partial charge in [0.2, 0.25) is 12.0 Å². The number of carboxylic acid groups (broad SMARTS) is 1. The first-order valence-electron chi connectivity index (χ1n) is 7.66. The van der Waals surface area contributed by atoms with E-state index in [1.807, 2.05) is 0 Å². The summed E-state index contributed by atoms with van der Waals surface area (Å²) in [5, 5.41) is 9.06. The summed E-state index contributed by atoms with van der Waals surface area (Å²) in [7, 11) is 0. The van der Waals surface area contributed by atoms with Gasteiger partial charge < -0.3 is 20.3 Å². The molecule has 1 amide bonds.